The number of anilines is 1. The molecule has 8 heteroatoms. The number of hydrogen-bond acceptors (Lipinski definition) is 7. The summed E-state index contributed by atoms with van der Waals surface area (Å²) in [5.41, 5.74) is 2.64. The Balaban J connectivity index is 1.62. The van der Waals surface area contributed by atoms with E-state index in [1.54, 1.807) is 55.6 Å². The van der Waals surface area contributed by atoms with Crippen LogP contribution in [0.25, 0.3) is 10.6 Å². The number of carbonyl (C=O) groups excluding carboxylic acids is 2. The van der Waals surface area contributed by atoms with Crippen LogP contribution in [0.2, 0.25) is 0 Å². The molecule has 1 N–H and O–H groups in total. The summed E-state index contributed by atoms with van der Waals surface area (Å²) in [7, 11) is 0. The average Bonchev–Trinajstić information content (AvgIpc) is 3.42. The van der Waals surface area contributed by atoms with Gasteiger partial charge in [-0.1, -0.05) is 36.4 Å². The Labute approximate surface area is 205 Å². The van der Waals surface area contributed by atoms with Gasteiger partial charge in [-0.05, 0) is 43.3 Å². The van der Waals surface area contributed by atoms with Crippen molar-refractivity contribution >= 4 is 28.7 Å². The molecule has 1 unspecified atom stereocenters. The van der Waals surface area contributed by atoms with Crippen LogP contribution in [0.3, 0.4) is 0 Å². The van der Waals surface area contributed by atoms with Crippen molar-refractivity contribution in [1.82, 2.24) is 9.97 Å². The summed E-state index contributed by atoms with van der Waals surface area (Å²) in [6.07, 6.45) is 1.57. The third kappa shape index (κ3) is 3.88. The molecule has 1 amide bonds. The molecule has 1 aliphatic rings. The van der Waals surface area contributed by atoms with Crippen molar-refractivity contribution in [3.8, 4) is 16.6 Å². The highest BCUT2D eigenvalue weighted by Gasteiger charge is 2.46. The molecule has 1 atom stereocenters. The number of aryl methyl sites for hydroxylation is 1. The quantitative estimate of drug-likeness (QED) is 0.397. The second-order valence-corrected chi connectivity index (χ2v) is 8.88. The Kier molecular flexibility index (Phi) is 5.69. The van der Waals surface area contributed by atoms with Crippen molar-refractivity contribution in [2.24, 2.45) is 0 Å². The van der Waals surface area contributed by atoms with Crippen LogP contribution in [0.15, 0.2) is 90.3 Å². The van der Waals surface area contributed by atoms with Crippen molar-refractivity contribution in [3.63, 3.8) is 0 Å². The first-order chi connectivity index (χ1) is 17.0. The molecule has 3 heterocycles. The van der Waals surface area contributed by atoms with Gasteiger partial charge in [0, 0.05) is 17.4 Å². The number of aliphatic hydroxyl groups is 1. The average molecular weight is 479 g/mol. The summed E-state index contributed by atoms with van der Waals surface area (Å²) in [5.74, 6) is -1.80. The molecule has 0 bridgehead atoms. The normalized spacial score (nSPS) is 15.4. The predicted molar refractivity (Wildman–Crippen MR) is 132 cm³/mol. The highest BCUT2D eigenvalue weighted by Crippen LogP contribution is 2.42. The Hall–Kier alpha value is -4.61. The lowest BCUT2D eigenvalue weighted by Gasteiger charge is -2.26. The van der Waals surface area contributed by atoms with Gasteiger partial charge < -0.3 is 5.11 Å². The van der Waals surface area contributed by atoms with Crippen molar-refractivity contribution < 1.29 is 14.7 Å². The molecule has 7 nitrogen and oxygen atoms in total. The molecule has 2 aromatic carbocycles. The summed E-state index contributed by atoms with van der Waals surface area (Å²) in [5, 5.41) is 20.7. The van der Waals surface area contributed by atoms with Gasteiger partial charge in [0.25, 0.3) is 5.91 Å². The number of thiazole rings is 1. The van der Waals surface area contributed by atoms with Crippen LogP contribution >= 0.6 is 11.3 Å². The minimum absolute atomic E-state index is 0.0515. The lowest BCUT2D eigenvalue weighted by Crippen LogP contribution is -2.31. The van der Waals surface area contributed by atoms with Gasteiger partial charge >= 0.3 is 0 Å². The van der Waals surface area contributed by atoms with Gasteiger partial charge in [-0.2, -0.15) is 5.26 Å². The van der Waals surface area contributed by atoms with Crippen LogP contribution in [0.4, 0.5) is 5.69 Å². The van der Waals surface area contributed by atoms with E-state index in [0.717, 1.165) is 5.56 Å². The van der Waals surface area contributed by atoms with E-state index in [2.05, 4.69) is 9.97 Å². The summed E-state index contributed by atoms with van der Waals surface area (Å²) in [4.78, 5) is 37.7. The van der Waals surface area contributed by atoms with Crippen LogP contribution in [-0.4, -0.2) is 26.8 Å². The number of rotatable bonds is 5. The summed E-state index contributed by atoms with van der Waals surface area (Å²) in [6.45, 7) is 1.73. The molecule has 0 saturated carbocycles. The summed E-state index contributed by atoms with van der Waals surface area (Å²) in [6, 6.07) is 22.2. The second-order valence-electron chi connectivity index (χ2n) is 7.88. The number of amides is 1. The van der Waals surface area contributed by atoms with Crippen LogP contribution < -0.4 is 4.90 Å². The van der Waals surface area contributed by atoms with Crippen LogP contribution in [0.5, 0.6) is 0 Å². The number of benzene rings is 2. The van der Waals surface area contributed by atoms with E-state index in [9.17, 15) is 14.7 Å². The molecule has 170 valence electrons. The van der Waals surface area contributed by atoms with Gasteiger partial charge in [0.05, 0.1) is 33.5 Å². The number of Topliss-reactive ketones (excluding diaryl/α,β-unsaturated/α-hetero) is 1. The minimum atomic E-state index is -0.939. The van der Waals surface area contributed by atoms with Gasteiger partial charge in [-0.3, -0.25) is 19.5 Å². The molecule has 0 radical (unpaired) electrons. The first-order valence-electron chi connectivity index (χ1n) is 10.7. The zero-order chi connectivity index (χ0) is 24.5. The zero-order valence-electron chi connectivity index (χ0n) is 18.5. The van der Waals surface area contributed by atoms with Crippen molar-refractivity contribution in [2.75, 3.05) is 4.90 Å². The van der Waals surface area contributed by atoms with Gasteiger partial charge in [0.1, 0.15) is 11.0 Å². The van der Waals surface area contributed by atoms with Crippen molar-refractivity contribution in [1.29, 1.82) is 5.26 Å². The molecule has 0 aliphatic carbocycles. The maximum absolute atomic E-state index is 13.8. The van der Waals surface area contributed by atoms with Gasteiger partial charge in [0.15, 0.2) is 5.76 Å². The molecular formula is C27H18N4O3S. The fraction of sp³-hybridized carbons (Fsp3) is 0.0741. The standard InChI is InChI=1S/C27H18N4O3S/c1-16-25(35-26(30-16)18-7-3-2-4-8-18)23(32)21-22(20-9-5-6-14-29-20)31(27(34)24(21)33)19-12-10-17(15-28)11-13-19/h2-14,22,33H,1H3. The lowest BCUT2D eigenvalue weighted by molar-refractivity contribution is -0.117. The van der Waals surface area contributed by atoms with Crippen LogP contribution in [-0.2, 0) is 4.79 Å². The van der Waals surface area contributed by atoms with E-state index in [4.69, 9.17) is 5.26 Å². The first-order valence-corrected chi connectivity index (χ1v) is 11.6. The Morgan fingerprint density at radius 3 is 2.43 bits per heavy atom. The van der Waals surface area contributed by atoms with E-state index in [-0.39, 0.29) is 5.57 Å². The smallest absolute Gasteiger partial charge is 0.294 e. The van der Waals surface area contributed by atoms with E-state index in [0.29, 0.717) is 32.5 Å². The Bertz CT molecular complexity index is 1500. The maximum atomic E-state index is 13.8. The SMILES string of the molecule is Cc1nc(-c2ccccc2)sc1C(=O)C1=C(O)C(=O)N(c2ccc(C#N)cc2)C1c1ccccn1. The number of nitrogens with zero attached hydrogens (tertiary/aromatic N) is 4. The second kappa shape index (κ2) is 8.97. The fourth-order valence-corrected chi connectivity index (χ4v) is 5.08. The predicted octanol–water partition coefficient (Wildman–Crippen LogP) is 5.17. The maximum Gasteiger partial charge on any atom is 0.294 e. The van der Waals surface area contributed by atoms with Gasteiger partial charge in [0.2, 0.25) is 5.78 Å². The van der Waals surface area contributed by atoms with E-state index < -0.39 is 23.5 Å². The first kappa shape index (κ1) is 22.2. The van der Waals surface area contributed by atoms with Crippen molar-refractivity contribution in [3.05, 3.63) is 112 Å². The summed E-state index contributed by atoms with van der Waals surface area (Å²) < 4.78 is 0. The molecule has 0 saturated heterocycles. The molecule has 0 spiro atoms. The van der Waals surface area contributed by atoms with Crippen LogP contribution in [0, 0.1) is 18.3 Å². The third-order valence-corrected chi connectivity index (χ3v) is 6.92. The number of carbonyl (C=O) groups is 2. The number of aromatic nitrogens is 2. The van der Waals surface area contributed by atoms with Gasteiger partial charge in [-0.25, -0.2) is 4.98 Å². The van der Waals surface area contributed by atoms with E-state index in [1.165, 1.54) is 16.2 Å². The fourth-order valence-electron chi connectivity index (χ4n) is 4.05. The monoisotopic (exact) mass is 478 g/mol. The summed E-state index contributed by atoms with van der Waals surface area (Å²) >= 11 is 1.22. The molecule has 35 heavy (non-hydrogen) atoms. The highest BCUT2D eigenvalue weighted by molar-refractivity contribution is 7.17. The number of ketones is 1. The molecular weight excluding hydrogens is 460 g/mol. The molecule has 1 aliphatic heterocycles. The van der Waals surface area contributed by atoms with Gasteiger partial charge in [-0.15, -0.1) is 11.3 Å². The number of nitriles is 1. The van der Waals surface area contributed by atoms with Crippen LogP contribution in [0.1, 0.15) is 32.7 Å². The lowest BCUT2D eigenvalue weighted by atomic mass is 9.98. The van der Waals surface area contributed by atoms with Crippen molar-refractivity contribution in [2.45, 2.75) is 13.0 Å². The number of pyridine rings is 1. The topological polar surface area (TPSA) is 107 Å². The molecule has 4 aromatic rings. The van der Waals surface area contributed by atoms with E-state index >= 15 is 0 Å². The third-order valence-electron chi connectivity index (χ3n) is 5.72. The molecule has 0 fully saturated rings. The largest absolute Gasteiger partial charge is 0.503 e. The number of hydrogen-bond donors (Lipinski definition) is 1. The minimum Gasteiger partial charge on any atom is -0.503 e. The Morgan fingerprint density at radius 2 is 1.77 bits per heavy atom. The molecule has 5 rings (SSSR count). The Morgan fingerprint density at radius 1 is 1.06 bits per heavy atom. The van der Waals surface area contributed by atoms with E-state index in [1.807, 2.05) is 36.4 Å². The zero-order valence-corrected chi connectivity index (χ0v) is 19.4. The highest BCUT2D eigenvalue weighted by atomic mass is 32.1. The molecule has 2 aromatic heterocycles. The number of aliphatic hydroxyl groups excluding tert-OH is 1.